The van der Waals surface area contributed by atoms with Gasteiger partial charge >= 0.3 is 17.9 Å². The first kappa shape index (κ1) is 19.1. The van der Waals surface area contributed by atoms with Gasteiger partial charge in [0.15, 0.2) is 6.10 Å². The standard InChI is InChI=1S/C15H24O6/c1-4-6-10-19-13(16)8-9-14(17)21-12(3)15(18)20-11-7-5-2/h8-9,12H,4-7,10-11H2,1-3H3. The summed E-state index contributed by atoms with van der Waals surface area (Å²) in [7, 11) is 0. The van der Waals surface area contributed by atoms with Crippen LogP contribution in [0.15, 0.2) is 12.2 Å². The molecular weight excluding hydrogens is 276 g/mol. The summed E-state index contributed by atoms with van der Waals surface area (Å²) in [6.45, 7) is 5.98. The predicted molar refractivity (Wildman–Crippen MR) is 76.4 cm³/mol. The zero-order valence-corrected chi connectivity index (χ0v) is 12.9. The lowest BCUT2D eigenvalue weighted by atomic mass is 10.3. The van der Waals surface area contributed by atoms with Crippen molar-refractivity contribution in [1.82, 2.24) is 0 Å². The Morgan fingerprint density at radius 2 is 1.43 bits per heavy atom. The van der Waals surface area contributed by atoms with E-state index in [2.05, 4.69) is 0 Å². The van der Waals surface area contributed by atoms with Gasteiger partial charge in [0.25, 0.3) is 0 Å². The van der Waals surface area contributed by atoms with Crippen LogP contribution in [0.2, 0.25) is 0 Å². The maximum absolute atomic E-state index is 11.5. The molecule has 0 rings (SSSR count). The summed E-state index contributed by atoms with van der Waals surface area (Å²) in [4.78, 5) is 34.1. The molecule has 0 N–H and O–H groups in total. The molecule has 6 heteroatoms. The van der Waals surface area contributed by atoms with E-state index in [0.29, 0.717) is 13.2 Å². The van der Waals surface area contributed by atoms with Gasteiger partial charge < -0.3 is 14.2 Å². The first-order valence-electron chi connectivity index (χ1n) is 7.23. The monoisotopic (exact) mass is 300 g/mol. The lowest BCUT2D eigenvalue weighted by molar-refractivity contribution is -0.163. The van der Waals surface area contributed by atoms with Crippen molar-refractivity contribution < 1.29 is 28.6 Å². The molecule has 1 unspecified atom stereocenters. The molecule has 6 nitrogen and oxygen atoms in total. The summed E-state index contributed by atoms with van der Waals surface area (Å²) >= 11 is 0. The summed E-state index contributed by atoms with van der Waals surface area (Å²) in [5.74, 6) is -2.00. The van der Waals surface area contributed by atoms with Gasteiger partial charge in [0.2, 0.25) is 0 Å². The third-order valence-corrected chi connectivity index (χ3v) is 2.46. The SMILES string of the molecule is CCCCOC(=O)C=CC(=O)OC(C)C(=O)OCCCC. The third kappa shape index (κ3) is 10.6. The smallest absolute Gasteiger partial charge is 0.347 e. The van der Waals surface area contributed by atoms with Gasteiger partial charge in [-0.3, -0.25) is 0 Å². The molecule has 0 bridgehead atoms. The molecule has 0 heterocycles. The number of esters is 3. The van der Waals surface area contributed by atoms with Crippen molar-refractivity contribution in [3.05, 3.63) is 12.2 Å². The van der Waals surface area contributed by atoms with Crippen LogP contribution >= 0.6 is 0 Å². The lowest BCUT2D eigenvalue weighted by Crippen LogP contribution is -2.26. The van der Waals surface area contributed by atoms with Gasteiger partial charge in [-0.05, 0) is 19.8 Å². The third-order valence-electron chi connectivity index (χ3n) is 2.46. The zero-order chi connectivity index (χ0) is 16.1. The van der Waals surface area contributed by atoms with Crippen molar-refractivity contribution in [1.29, 1.82) is 0 Å². The molecule has 0 aromatic heterocycles. The molecule has 0 aliphatic rings. The number of carbonyl (C=O) groups excluding carboxylic acids is 3. The van der Waals surface area contributed by atoms with Gasteiger partial charge in [0, 0.05) is 12.2 Å². The first-order chi connectivity index (χ1) is 10.0. The van der Waals surface area contributed by atoms with E-state index in [9.17, 15) is 14.4 Å². The van der Waals surface area contributed by atoms with Crippen molar-refractivity contribution in [2.24, 2.45) is 0 Å². The van der Waals surface area contributed by atoms with Gasteiger partial charge in [0.1, 0.15) is 0 Å². The lowest BCUT2D eigenvalue weighted by Gasteiger charge is -2.11. The average molecular weight is 300 g/mol. The van der Waals surface area contributed by atoms with Gasteiger partial charge in [-0.1, -0.05) is 26.7 Å². The second-order valence-corrected chi connectivity index (χ2v) is 4.45. The Balaban J connectivity index is 4.00. The first-order valence-corrected chi connectivity index (χ1v) is 7.23. The summed E-state index contributed by atoms with van der Waals surface area (Å²) in [6.07, 6.45) is 4.26. The van der Waals surface area contributed by atoms with Crippen molar-refractivity contribution in [3.63, 3.8) is 0 Å². The molecule has 0 spiro atoms. The fourth-order valence-electron chi connectivity index (χ4n) is 1.20. The second-order valence-electron chi connectivity index (χ2n) is 4.45. The number of hydrogen-bond acceptors (Lipinski definition) is 6. The number of hydrogen-bond donors (Lipinski definition) is 0. The Labute approximate surface area is 125 Å². The van der Waals surface area contributed by atoms with Gasteiger partial charge in [-0.25, -0.2) is 14.4 Å². The highest BCUT2D eigenvalue weighted by molar-refractivity contribution is 5.92. The van der Waals surface area contributed by atoms with Crippen LogP contribution in [0.1, 0.15) is 46.5 Å². The fourth-order valence-corrected chi connectivity index (χ4v) is 1.20. The van der Waals surface area contributed by atoms with Crippen LogP contribution in [0.4, 0.5) is 0 Å². The Morgan fingerprint density at radius 3 is 2.00 bits per heavy atom. The van der Waals surface area contributed by atoms with E-state index in [1.165, 1.54) is 6.92 Å². The molecule has 0 fully saturated rings. The highest BCUT2D eigenvalue weighted by atomic mass is 16.6. The van der Waals surface area contributed by atoms with Crippen LogP contribution in [-0.4, -0.2) is 37.2 Å². The zero-order valence-electron chi connectivity index (χ0n) is 12.9. The minimum Gasteiger partial charge on any atom is -0.463 e. The average Bonchev–Trinajstić information content (AvgIpc) is 2.45. The number of unbranched alkanes of at least 4 members (excludes halogenated alkanes) is 2. The quantitative estimate of drug-likeness (QED) is 0.266. The molecule has 0 radical (unpaired) electrons. The van der Waals surface area contributed by atoms with E-state index in [-0.39, 0.29) is 0 Å². The van der Waals surface area contributed by atoms with Gasteiger partial charge in [-0.2, -0.15) is 0 Å². The van der Waals surface area contributed by atoms with E-state index in [1.54, 1.807) is 0 Å². The van der Waals surface area contributed by atoms with Crippen molar-refractivity contribution in [2.45, 2.75) is 52.6 Å². The molecular formula is C15H24O6. The van der Waals surface area contributed by atoms with Gasteiger partial charge in [-0.15, -0.1) is 0 Å². The largest absolute Gasteiger partial charge is 0.463 e. The van der Waals surface area contributed by atoms with Crippen LogP contribution < -0.4 is 0 Å². The molecule has 1 atom stereocenters. The molecule has 0 aromatic rings. The normalized spacial score (nSPS) is 12.0. The van der Waals surface area contributed by atoms with E-state index >= 15 is 0 Å². The molecule has 120 valence electrons. The molecule has 0 aliphatic heterocycles. The highest BCUT2D eigenvalue weighted by Gasteiger charge is 2.17. The second kappa shape index (κ2) is 11.9. The number of rotatable bonds is 10. The highest BCUT2D eigenvalue weighted by Crippen LogP contribution is 1.99. The topological polar surface area (TPSA) is 78.9 Å². The van der Waals surface area contributed by atoms with Crippen molar-refractivity contribution in [2.75, 3.05) is 13.2 Å². The maximum atomic E-state index is 11.5. The van der Waals surface area contributed by atoms with Crippen LogP contribution in [0.25, 0.3) is 0 Å². The number of ether oxygens (including phenoxy) is 3. The number of carbonyl (C=O) groups is 3. The van der Waals surface area contributed by atoms with E-state index in [1.807, 2.05) is 13.8 Å². The Hall–Kier alpha value is -1.85. The van der Waals surface area contributed by atoms with Crippen molar-refractivity contribution >= 4 is 17.9 Å². The Morgan fingerprint density at radius 1 is 0.905 bits per heavy atom. The minimum absolute atomic E-state index is 0.302. The Bertz CT molecular complexity index is 361. The molecule has 0 aromatic carbocycles. The van der Waals surface area contributed by atoms with Crippen LogP contribution in [0, 0.1) is 0 Å². The summed E-state index contributed by atoms with van der Waals surface area (Å²) < 4.78 is 14.5. The van der Waals surface area contributed by atoms with Crippen LogP contribution in [0.3, 0.4) is 0 Å². The minimum atomic E-state index is -1.00. The summed E-state index contributed by atoms with van der Waals surface area (Å²) in [6, 6.07) is 0. The van der Waals surface area contributed by atoms with Crippen molar-refractivity contribution in [3.8, 4) is 0 Å². The predicted octanol–water partition coefficient (Wildman–Crippen LogP) is 2.16. The van der Waals surface area contributed by atoms with E-state index in [0.717, 1.165) is 37.8 Å². The van der Waals surface area contributed by atoms with Gasteiger partial charge in [0.05, 0.1) is 13.2 Å². The molecule has 21 heavy (non-hydrogen) atoms. The molecule has 0 saturated carbocycles. The molecule has 0 aliphatic carbocycles. The summed E-state index contributed by atoms with van der Waals surface area (Å²) in [5, 5.41) is 0. The molecule has 0 saturated heterocycles. The summed E-state index contributed by atoms with van der Waals surface area (Å²) in [5.41, 5.74) is 0. The maximum Gasteiger partial charge on any atom is 0.347 e. The molecule has 0 amide bonds. The Kier molecular flexibility index (Phi) is 10.9. The van der Waals surface area contributed by atoms with Crippen LogP contribution in [0.5, 0.6) is 0 Å². The van der Waals surface area contributed by atoms with E-state index in [4.69, 9.17) is 14.2 Å². The van der Waals surface area contributed by atoms with Crippen LogP contribution in [-0.2, 0) is 28.6 Å². The van der Waals surface area contributed by atoms with E-state index < -0.39 is 24.0 Å². The fraction of sp³-hybridized carbons (Fsp3) is 0.667.